The second-order valence-electron chi connectivity index (χ2n) is 4.25. The Morgan fingerprint density at radius 3 is 2.29 bits per heavy atom. The summed E-state index contributed by atoms with van der Waals surface area (Å²) in [6, 6.07) is 13.1. The van der Waals surface area contributed by atoms with Gasteiger partial charge in [-0.25, -0.2) is 4.79 Å². The largest absolute Gasteiger partial charge is 0.478 e. The maximum Gasteiger partial charge on any atom is 0.337 e. The smallest absolute Gasteiger partial charge is 0.337 e. The van der Waals surface area contributed by atoms with Crippen molar-refractivity contribution in [1.82, 2.24) is 0 Å². The van der Waals surface area contributed by atoms with Crippen molar-refractivity contribution in [2.24, 2.45) is 10.2 Å². The molecule has 2 aromatic carbocycles. The van der Waals surface area contributed by atoms with Gasteiger partial charge >= 0.3 is 5.97 Å². The average Bonchev–Trinajstić information content (AvgIpc) is 2.46. The van der Waals surface area contributed by atoms with Crippen molar-refractivity contribution in [3.63, 3.8) is 0 Å². The van der Waals surface area contributed by atoms with Crippen LogP contribution in [0.5, 0.6) is 0 Å². The molecule has 0 fully saturated rings. The van der Waals surface area contributed by atoms with Crippen LogP contribution in [0.2, 0.25) is 0 Å². The first kappa shape index (κ1) is 14.4. The SMILES string of the molecule is CC(=O)Nc1ccc(N=Nc2ccccc2C(=O)O)cc1. The molecule has 0 heterocycles. The van der Waals surface area contributed by atoms with Crippen LogP contribution in [0.3, 0.4) is 0 Å². The van der Waals surface area contributed by atoms with E-state index in [4.69, 9.17) is 5.11 Å². The summed E-state index contributed by atoms with van der Waals surface area (Å²) in [6.45, 7) is 1.43. The van der Waals surface area contributed by atoms with Crippen LogP contribution < -0.4 is 5.32 Å². The van der Waals surface area contributed by atoms with Crippen molar-refractivity contribution in [2.75, 3.05) is 5.32 Å². The van der Waals surface area contributed by atoms with Gasteiger partial charge < -0.3 is 10.4 Å². The number of anilines is 1. The Balaban J connectivity index is 2.18. The first-order valence-corrected chi connectivity index (χ1v) is 6.18. The van der Waals surface area contributed by atoms with Crippen LogP contribution >= 0.6 is 0 Å². The molecular weight excluding hydrogens is 270 g/mol. The first-order valence-electron chi connectivity index (χ1n) is 6.18. The minimum absolute atomic E-state index is 0.0936. The highest BCUT2D eigenvalue weighted by atomic mass is 16.4. The molecule has 106 valence electrons. The number of carbonyl (C=O) groups is 2. The third-order valence-corrected chi connectivity index (χ3v) is 2.60. The lowest BCUT2D eigenvalue weighted by Gasteiger charge is -2.01. The Labute approximate surface area is 121 Å². The number of hydrogen-bond acceptors (Lipinski definition) is 4. The lowest BCUT2D eigenvalue weighted by molar-refractivity contribution is -0.114. The van der Waals surface area contributed by atoms with Crippen LogP contribution in [-0.4, -0.2) is 17.0 Å². The first-order chi connectivity index (χ1) is 10.1. The predicted octanol–water partition coefficient (Wildman–Crippen LogP) is 3.76. The number of nitrogens with one attached hydrogen (secondary N) is 1. The Hall–Kier alpha value is -3.02. The molecule has 0 aromatic heterocycles. The van der Waals surface area contributed by atoms with Crippen molar-refractivity contribution in [3.8, 4) is 0 Å². The molecule has 0 atom stereocenters. The molecule has 0 aliphatic rings. The van der Waals surface area contributed by atoms with Crippen molar-refractivity contribution >= 4 is 28.9 Å². The molecule has 0 saturated carbocycles. The summed E-state index contributed by atoms with van der Waals surface area (Å²) in [7, 11) is 0. The van der Waals surface area contributed by atoms with E-state index in [9.17, 15) is 9.59 Å². The van der Waals surface area contributed by atoms with Gasteiger partial charge in [0.1, 0.15) is 5.69 Å². The summed E-state index contributed by atoms with van der Waals surface area (Å²) in [5.41, 5.74) is 1.60. The molecule has 6 heteroatoms. The van der Waals surface area contributed by atoms with Gasteiger partial charge in [0.05, 0.1) is 11.3 Å². The Bertz CT molecular complexity index is 694. The molecule has 2 N–H and O–H groups in total. The Morgan fingerprint density at radius 1 is 1.00 bits per heavy atom. The van der Waals surface area contributed by atoms with Crippen LogP contribution in [0, 0.1) is 0 Å². The molecule has 0 aliphatic carbocycles. The van der Waals surface area contributed by atoms with E-state index in [1.54, 1.807) is 42.5 Å². The topological polar surface area (TPSA) is 91.1 Å². The van der Waals surface area contributed by atoms with Gasteiger partial charge in [-0.1, -0.05) is 12.1 Å². The molecule has 2 aromatic rings. The number of aromatic carboxylic acids is 1. The second-order valence-corrected chi connectivity index (χ2v) is 4.25. The van der Waals surface area contributed by atoms with Gasteiger partial charge in [0.2, 0.25) is 5.91 Å². The van der Waals surface area contributed by atoms with Gasteiger partial charge in [-0.3, -0.25) is 4.79 Å². The molecule has 21 heavy (non-hydrogen) atoms. The molecule has 0 bridgehead atoms. The van der Waals surface area contributed by atoms with Crippen LogP contribution in [0.1, 0.15) is 17.3 Å². The second kappa shape index (κ2) is 6.42. The number of benzene rings is 2. The van der Waals surface area contributed by atoms with Gasteiger partial charge in [0.15, 0.2) is 0 Å². The number of carbonyl (C=O) groups excluding carboxylic acids is 1. The maximum absolute atomic E-state index is 11.0. The average molecular weight is 283 g/mol. The van der Waals surface area contributed by atoms with Gasteiger partial charge in [-0.05, 0) is 36.4 Å². The monoisotopic (exact) mass is 283 g/mol. The van der Waals surface area contributed by atoms with Crippen LogP contribution in [0.15, 0.2) is 58.8 Å². The Kier molecular flexibility index (Phi) is 4.40. The Morgan fingerprint density at radius 2 is 1.67 bits per heavy atom. The molecule has 1 amide bonds. The molecule has 2 rings (SSSR count). The number of nitrogens with zero attached hydrogens (tertiary/aromatic N) is 2. The summed E-state index contributed by atoms with van der Waals surface area (Å²) in [5.74, 6) is -1.20. The number of hydrogen-bond donors (Lipinski definition) is 2. The third kappa shape index (κ3) is 3.97. The number of rotatable bonds is 4. The maximum atomic E-state index is 11.0. The van der Waals surface area contributed by atoms with E-state index in [0.29, 0.717) is 11.4 Å². The fourth-order valence-electron chi connectivity index (χ4n) is 1.67. The lowest BCUT2D eigenvalue weighted by Crippen LogP contribution is -2.04. The van der Waals surface area contributed by atoms with E-state index in [0.717, 1.165) is 0 Å². The van der Waals surface area contributed by atoms with Crippen molar-refractivity contribution in [3.05, 3.63) is 54.1 Å². The lowest BCUT2D eigenvalue weighted by atomic mass is 10.2. The highest BCUT2D eigenvalue weighted by Crippen LogP contribution is 2.23. The van der Waals surface area contributed by atoms with Gasteiger partial charge in [-0.2, -0.15) is 5.11 Å². The summed E-state index contributed by atoms with van der Waals surface area (Å²) < 4.78 is 0. The van der Waals surface area contributed by atoms with Gasteiger partial charge in [-0.15, -0.1) is 5.11 Å². The molecule has 0 radical (unpaired) electrons. The molecule has 0 spiro atoms. The van der Waals surface area contributed by atoms with Gasteiger partial charge in [0.25, 0.3) is 0 Å². The van der Waals surface area contributed by atoms with Crippen molar-refractivity contribution < 1.29 is 14.7 Å². The quantitative estimate of drug-likeness (QED) is 0.837. The number of carboxylic acid groups (broad SMARTS) is 1. The van der Waals surface area contributed by atoms with E-state index >= 15 is 0 Å². The van der Waals surface area contributed by atoms with E-state index in [-0.39, 0.29) is 17.2 Å². The third-order valence-electron chi connectivity index (χ3n) is 2.60. The predicted molar refractivity (Wildman–Crippen MR) is 78.3 cm³/mol. The highest BCUT2D eigenvalue weighted by Gasteiger charge is 2.07. The van der Waals surface area contributed by atoms with Crippen LogP contribution in [-0.2, 0) is 4.79 Å². The van der Waals surface area contributed by atoms with Crippen molar-refractivity contribution in [2.45, 2.75) is 6.92 Å². The van der Waals surface area contributed by atoms with E-state index < -0.39 is 5.97 Å². The zero-order chi connectivity index (χ0) is 15.2. The van der Waals surface area contributed by atoms with E-state index in [1.807, 2.05) is 0 Å². The van der Waals surface area contributed by atoms with Crippen LogP contribution in [0.25, 0.3) is 0 Å². The molecular formula is C15H13N3O3. The molecule has 6 nitrogen and oxygen atoms in total. The number of azo groups is 1. The minimum atomic E-state index is -1.05. The normalized spacial score (nSPS) is 10.5. The van der Waals surface area contributed by atoms with Gasteiger partial charge in [0, 0.05) is 12.6 Å². The fraction of sp³-hybridized carbons (Fsp3) is 0.0667. The molecule has 0 aliphatic heterocycles. The molecule has 0 unspecified atom stereocenters. The minimum Gasteiger partial charge on any atom is -0.478 e. The highest BCUT2D eigenvalue weighted by molar-refractivity contribution is 5.93. The van der Waals surface area contributed by atoms with E-state index in [1.165, 1.54) is 13.0 Å². The van der Waals surface area contributed by atoms with E-state index in [2.05, 4.69) is 15.5 Å². The summed E-state index contributed by atoms with van der Waals surface area (Å²) >= 11 is 0. The summed E-state index contributed by atoms with van der Waals surface area (Å²) in [6.07, 6.45) is 0. The summed E-state index contributed by atoms with van der Waals surface area (Å²) in [5, 5.41) is 19.6. The zero-order valence-electron chi connectivity index (χ0n) is 11.3. The zero-order valence-corrected chi connectivity index (χ0v) is 11.3. The standard InChI is InChI=1S/C15H13N3O3/c1-10(19)16-11-6-8-12(9-7-11)17-18-14-5-3-2-4-13(14)15(20)21/h2-9H,1H3,(H,16,19)(H,20,21). The van der Waals surface area contributed by atoms with Crippen LogP contribution in [0.4, 0.5) is 17.1 Å². The summed E-state index contributed by atoms with van der Waals surface area (Å²) in [4.78, 5) is 21.9. The number of carboxylic acids is 1. The molecule has 0 saturated heterocycles. The number of amides is 1. The van der Waals surface area contributed by atoms with Crippen molar-refractivity contribution in [1.29, 1.82) is 0 Å². The fourth-order valence-corrected chi connectivity index (χ4v) is 1.67.